The van der Waals surface area contributed by atoms with Gasteiger partial charge < -0.3 is 11.1 Å². The normalized spacial score (nSPS) is 10.3. The van der Waals surface area contributed by atoms with Crippen molar-refractivity contribution in [2.24, 2.45) is 5.73 Å². The Morgan fingerprint density at radius 3 is 2.70 bits per heavy atom. The molecule has 0 aliphatic heterocycles. The van der Waals surface area contributed by atoms with Crippen LogP contribution in [0, 0.1) is 0 Å². The average Bonchev–Trinajstić information content (AvgIpc) is 2.76. The third kappa shape index (κ3) is 3.88. The van der Waals surface area contributed by atoms with Crippen LogP contribution in [0.15, 0.2) is 38.6 Å². The highest BCUT2D eigenvalue weighted by Gasteiger charge is 2.11. The van der Waals surface area contributed by atoms with Gasteiger partial charge in [0.2, 0.25) is 0 Å². The predicted molar refractivity (Wildman–Crippen MR) is 93.2 cm³/mol. The number of thiophene rings is 1. The number of rotatable bonds is 4. The molecule has 104 valence electrons. The van der Waals surface area contributed by atoms with Crippen LogP contribution in [0.1, 0.15) is 20.8 Å². The molecule has 0 spiro atoms. The number of halogens is 2. The highest BCUT2D eigenvalue weighted by Crippen LogP contribution is 2.32. The lowest BCUT2D eigenvalue weighted by atomic mass is 10.1. The fraction of sp³-hybridized carbons (Fsp3) is 0.0769. The van der Waals surface area contributed by atoms with Gasteiger partial charge in [0.05, 0.1) is 8.66 Å². The predicted octanol–water partition coefficient (Wildman–Crippen LogP) is 3.84. The molecule has 3 N–H and O–H groups in total. The van der Waals surface area contributed by atoms with Gasteiger partial charge >= 0.3 is 0 Å². The van der Waals surface area contributed by atoms with E-state index in [1.807, 2.05) is 24.3 Å². The van der Waals surface area contributed by atoms with Gasteiger partial charge in [0.15, 0.2) is 0 Å². The van der Waals surface area contributed by atoms with Crippen molar-refractivity contribution in [3.8, 4) is 0 Å². The van der Waals surface area contributed by atoms with E-state index in [1.54, 1.807) is 6.07 Å². The summed E-state index contributed by atoms with van der Waals surface area (Å²) < 4.78 is 1.78. The van der Waals surface area contributed by atoms with E-state index in [4.69, 9.17) is 18.0 Å². The lowest BCUT2D eigenvalue weighted by molar-refractivity contribution is 0.0955. The molecule has 2 aromatic rings. The first-order valence-electron chi connectivity index (χ1n) is 5.59. The number of hydrogen-bond donors (Lipinski definition) is 2. The van der Waals surface area contributed by atoms with Crippen molar-refractivity contribution < 1.29 is 4.79 Å². The summed E-state index contributed by atoms with van der Waals surface area (Å²) in [6, 6.07) is 9.30. The Morgan fingerprint density at radius 2 is 2.10 bits per heavy atom. The zero-order chi connectivity index (χ0) is 14.7. The quantitative estimate of drug-likeness (QED) is 0.720. The molecule has 0 saturated carbocycles. The van der Waals surface area contributed by atoms with Gasteiger partial charge in [0, 0.05) is 16.6 Å². The first-order valence-corrected chi connectivity index (χ1v) is 8.40. The van der Waals surface area contributed by atoms with Crippen molar-refractivity contribution in [3.05, 3.63) is 54.6 Å². The van der Waals surface area contributed by atoms with Crippen molar-refractivity contribution in [2.45, 2.75) is 6.54 Å². The molecule has 1 aromatic heterocycles. The molecule has 1 heterocycles. The Morgan fingerprint density at radius 1 is 1.35 bits per heavy atom. The molecular weight excluding hydrogens is 424 g/mol. The van der Waals surface area contributed by atoms with E-state index in [0.717, 1.165) is 19.4 Å². The molecule has 1 aromatic carbocycles. The Bertz CT molecular complexity index is 651. The fourth-order valence-electron chi connectivity index (χ4n) is 1.56. The highest BCUT2D eigenvalue weighted by atomic mass is 79.9. The number of hydrogen-bond acceptors (Lipinski definition) is 3. The molecule has 0 unspecified atom stereocenters. The van der Waals surface area contributed by atoms with E-state index in [9.17, 15) is 4.79 Å². The van der Waals surface area contributed by atoms with E-state index >= 15 is 0 Å². The van der Waals surface area contributed by atoms with Crippen LogP contribution < -0.4 is 11.1 Å². The van der Waals surface area contributed by atoms with Gasteiger partial charge in [-0.2, -0.15) is 0 Å². The maximum Gasteiger partial charge on any atom is 0.261 e. The molecule has 0 bridgehead atoms. The maximum atomic E-state index is 12.0. The van der Waals surface area contributed by atoms with Crippen molar-refractivity contribution in [2.75, 3.05) is 0 Å². The minimum Gasteiger partial charge on any atom is -0.389 e. The number of carbonyl (C=O) groups excluding carboxylic acids is 1. The first kappa shape index (κ1) is 15.6. The summed E-state index contributed by atoms with van der Waals surface area (Å²) in [7, 11) is 0. The molecule has 0 aliphatic carbocycles. The molecule has 0 atom stereocenters. The molecule has 1 amide bonds. The summed E-state index contributed by atoms with van der Waals surface area (Å²) in [6.45, 7) is 0.433. The minimum atomic E-state index is -0.109. The average molecular weight is 434 g/mol. The van der Waals surface area contributed by atoms with Crippen molar-refractivity contribution in [1.82, 2.24) is 5.32 Å². The van der Waals surface area contributed by atoms with Crippen LogP contribution in [0.25, 0.3) is 0 Å². The largest absolute Gasteiger partial charge is 0.389 e. The molecule has 3 nitrogen and oxygen atoms in total. The third-order valence-electron chi connectivity index (χ3n) is 2.53. The second kappa shape index (κ2) is 6.80. The maximum absolute atomic E-state index is 12.0. The summed E-state index contributed by atoms with van der Waals surface area (Å²) in [5.41, 5.74) is 7.34. The van der Waals surface area contributed by atoms with E-state index in [2.05, 4.69) is 37.2 Å². The Balaban J connectivity index is 2.03. The topological polar surface area (TPSA) is 55.1 Å². The van der Waals surface area contributed by atoms with Crippen molar-refractivity contribution in [1.29, 1.82) is 0 Å². The van der Waals surface area contributed by atoms with Gasteiger partial charge in [0.1, 0.15) is 4.99 Å². The molecule has 2 rings (SSSR count). The summed E-state index contributed by atoms with van der Waals surface area (Å²) in [5.74, 6) is -0.109. The standard InChI is InChI=1S/C13H10Br2N2OS2/c14-9-5-10(20-11(9)15)13(18)17-6-7-2-1-3-8(4-7)12(16)19/h1-5H,6H2,(H2,16,19)(H,17,18). The summed E-state index contributed by atoms with van der Waals surface area (Å²) in [4.78, 5) is 13.0. The zero-order valence-electron chi connectivity index (χ0n) is 10.2. The van der Waals surface area contributed by atoms with E-state index in [0.29, 0.717) is 16.4 Å². The molecule has 0 aliphatic rings. The van der Waals surface area contributed by atoms with Gasteiger partial charge in [-0.1, -0.05) is 30.4 Å². The number of nitrogens with one attached hydrogen (secondary N) is 1. The van der Waals surface area contributed by atoms with Crippen LogP contribution in [0.2, 0.25) is 0 Å². The zero-order valence-corrected chi connectivity index (χ0v) is 15.0. The lowest BCUT2D eigenvalue weighted by Gasteiger charge is -2.05. The van der Waals surface area contributed by atoms with E-state index in [-0.39, 0.29) is 5.91 Å². The monoisotopic (exact) mass is 432 g/mol. The number of benzene rings is 1. The van der Waals surface area contributed by atoms with E-state index in [1.165, 1.54) is 11.3 Å². The van der Waals surface area contributed by atoms with E-state index < -0.39 is 0 Å². The number of amides is 1. The molecule has 20 heavy (non-hydrogen) atoms. The smallest absolute Gasteiger partial charge is 0.261 e. The highest BCUT2D eigenvalue weighted by molar-refractivity contribution is 9.13. The molecular formula is C13H10Br2N2OS2. The fourth-order valence-corrected chi connectivity index (χ4v) is 3.64. The second-order valence-electron chi connectivity index (χ2n) is 3.98. The van der Waals surface area contributed by atoms with Gasteiger partial charge in [-0.15, -0.1) is 11.3 Å². The van der Waals surface area contributed by atoms with Crippen molar-refractivity contribution >= 4 is 66.3 Å². The van der Waals surface area contributed by atoms with Crippen LogP contribution in [0.4, 0.5) is 0 Å². The summed E-state index contributed by atoms with van der Waals surface area (Å²) in [6.07, 6.45) is 0. The summed E-state index contributed by atoms with van der Waals surface area (Å²) in [5, 5.41) is 2.87. The second-order valence-corrected chi connectivity index (χ2v) is 7.64. The molecule has 7 heteroatoms. The van der Waals surface area contributed by atoms with Crippen LogP contribution in [0.3, 0.4) is 0 Å². The van der Waals surface area contributed by atoms with Gasteiger partial charge in [-0.25, -0.2) is 0 Å². The lowest BCUT2D eigenvalue weighted by Crippen LogP contribution is -2.22. The summed E-state index contributed by atoms with van der Waals surface area (Å²) >= 11 is 13.0. The number of thiocarbonyl (C=S) groups is 1. The molecule has 0 fully saturated rings. The van der Waals surface area contributed by atoms with Gasteiger partial charge in [0.25, 0.3) is 5.91 Å². The van der Waals surface area contributed by atoms with Gasteiger partial charge in [-0.05, 0) is 49.6 Å². The third-order valence-corrected chi connectivity index (χ3v) is 6.02. The Hall–Kier alpha value is -0.760. The molecule has 0 saturated heterocycles. The van der Waals surface area contributed by atoms with Crippen LogP contribution in [0.5, 0.6) is 0 Å². The molecule has 0 radical (unpaired) electrons. The van der Waals surface area contributed by atoms with Crippen molar-refractivity contribution in [3.63, 3.8) is 0 Å². The number of nitrogens with two attached hydrogens (primary N) is 1. The Kier molecular flexibility index (Phi) is 5.31. The first-order chi connectivity index (χ1) is 9.47. The van der Waals surface area contributed by atoms with Crippen LogP contribution >= 0.6 is 55.4 Å². The SMILES string of the molecule is NC(=S)c1cccc(CNC(=O)c2cc(Br)c(Br)s2)c1. The van der Waals surface area contributed by atoms with Crippen LogP contribution in [-0.2, 0) is 6.54 Å². The van der Waals surface area contributed by atoms with Gasteiger partial charge in [-0.3, -0.25) is 4.79 Å². The van der Waals surface area contributed by atoms with Crippen LogP contribution in [-0.4, -0.2) is 10.9 Å². The number of carbonyl (C=O) groups is 1. The minimum absolute atomic E-state index is 0.109. The Labute approximate surface area is 142 Å².